The molecule has 1 aromatic heterocycles. The summed E-state index contributed by atoms with van der Waals surface area (Å²) in [5, 5.41) is 21.5. The molecule has 94 valence electrons. The Morgan fingerprint density at radius 1 is 1.39 bits per heavy atom. The highest BCUT2D eigenvalue weighted by molar-refractivity contribution is 5.97. The third-order valence-electron chi connectivity index (χ3n) is 2.49. The summed E-state index contributed by atoms with van der Waals surface area (Å²) in [7, 11) is 0. The first-order valence-electron chi connectivity index (χ1n) is 5.45. The molecule has 0 aliphatic heterocycles. The number of para-hydroxylation sites is 1. The number of nitrogens with zero attached hydrogens (tertiary/aromatic N) is 1. The van der Waals surface area contributed by atoms with Crippen LogP contribution in [-0.2, 0) is 6.42 Å². The number of phenolic OH excluding ortho intramolecular Hbond substituents is 2. The van der Waals surface area contributed by atoms with Crippen LogP contribution in [0, 0.1) is 0 Å². The molecule has 0 spiro atoms. The topological polar surface area (TPSA) is 98.2 Å². The van der Waals surface area contributed by atoms with Gasteiger partial charge in [0, 0.05) is 24.9 Å². The van der Waals surface area contributed by atoms with Crippen molar-refractivity contribution in [2.45, 2.75) is 6.42 Å². The molecule has 18 heavy (non-hydrogen) atoms. The summed E-state index contributed by atoms with van der Waals surface area (Å²) < 4.78 is 0. The lowest BCUT2D eigenvalue weighted by Gasteiger charge is -2.07. The number of aromatic hydroxyl groups is 2. The molecular formula is C12H13N3O3. The van der Waals surface area contributed by atoms with Crippen LogP contribution in [0.3, 0.4) is 0 Å². The second-order valence-electron chi connectivity index (χ2n) is 3.76. The van der Waals surface area contributed by atoms with Crippen molar-refractivity contribution in [1.29, 1.82) is 0 Å². The number of benzene rings is 1. The number of carbonyl (C=O) groups excluding carboxylic acids is 1. The van der Waals surface area contributed by atoms with E-state index in [-0.39, 0.29) is 11.3 Å². The monoisotopic (exact) mass is 247 g/mol. The second kappa shape index (κ2) is 5.22. The van der Waals surface area contributed by atoms with Crippen molar-refractivity contribution < 1.29 is 15.0 Å². The van der Waals surface area contributed by atoms with E-state index in [1.54, 1.807) is 12.5 Å². The van der Waals surface area contributed by atoms with Crippen LogP contribution < -0.4 is 5.32 Å². The van der Waals surface area contributed by atoms with Gasteiger partial charge in [0.05, 0.1) is 11.9 Å². The molecule has 1 heterocycles. The van der Waals surface area contributed by atoms with Gasteiger partial charge in [-0.1, -0.05) is 6.07 Å². The zero-order chi connectivity index (χ0) is 13.0. The van der Waals surface area contributed by atoms with Crippen LogP contribution >= 0.6 is 0 Å². The Hall–Kier alpha value is -2.50. The zero-order valence-corrected chi connectivity index (χ0v) is 9.55. The minimum Gasteiger partial charge on any atom is -0.504 e. The van der Waals surface area contributed by atoms with Crippen molar-refractivity contribution in [3.05, 3.63) is 42.0 Å². The smallest absolute Gasteiger partial charge is 0.255 e. The van der Waals surface area contributed by atoms with Crippen LogP contribution in [0.1, 0.15) is 16.1 Å². The van der Waals surface area contributed by atoms with E-state index in [0.29, 0.717) is 13.0 Å². The van der Waals surface area contributed by atoms with Gasteiger partial charge in [-0.15, -0.1) is 0 Å². The van der Waals surface area contributed by atoms with Crippen LogP contribution in [0.4, 0.5) is 0 Å². The third kappa shape index (κ3) is 2.60. The molecule has 6 heteroatoms. The Morgan fingerprint density at radius 2 is 2.22 bits per heavy atom. The predicted molar refractivity (Wildman–Crippen MR) is 64.4 cm³/mol. The molecule has 1 amide bonds. The first kappa shape index (κ1) is 12.0. The highest BCUT2D eigenvalue weighted by atomic mass is 16.3. The number of imidazole rings is 1. The summed E-state index contributed by atoms with van der Waals surface area (Å²) in [5.41, 5.74) is 0.968. The van der Waals surface area contributed by atoms with Crippen LogP contribution in [-0.4, -0.2) is 32.6 Å². The van der Waals surface area contributed by atoms with Gasteiger partial charge in [-0.3, -0.25) is 4.79 Å². The molecule has 0 saturated carbocycles. The molecule has 0 radical (unpaired) electrons. The Labute approximate surface area is 103 Å². The molecule has 0 atom stereocenters. The van der Waals surface area contributed by atoms with E-state index in [0.717, 1.165) is 5.69 Å². The summed E-state index contributed by atoms with van der Waals surface area (Å²) in [5.74, 6) is -1.14. The van der Waals surface area contributed by atoms with Crippen molar-refractivity contribution in [2.24, 2.45) is 0 Å². The van der Waals surface area contributed by atoms with Gasteiger partial charge < -0.3 is 20.5 Å². The number of amides is 1. The minimum atomic E-state index is -0.428. The first-order valence-corrected chi connectivity index (χ1v) is 5.45. The summed E-state index contributed by atoms with van der Waals surface area (Å²) in [6.07, 6.45) is 3.86. The van der Waals surface area contributed by atoms with Gasteiger partial charge >= 0.3 is 0 Å². The lowest BCUT2D eigenvalue weighted by Crippen LogP contribution is -2.25. The van der Waals surface area contributed by atoms with Crippen LogP contribution in [0.15, 0.2) is 30.7 Å². The van der Waals surface area contributed by atoms with Gasteiger partial charge in [-0.25, -0.2) is 4.98 Å². The molecule has 0 fully saturated rings. The van der Waals surface area contributed by atoms with Crippen molar-refractivity contribution in [2.75, 3.05) is 6.54 Å². The van der Waals surface area contributed by atoms with Gasteiger partial charge in [-0.05, 0) is 12.1 Å². The average Bonchev–Trinajstić information content (AvgIpc) is 2.85. The SMILES string of the molecule is O=C(NCCc1cnc[nH]1)c1cccc(O)c1O. The molecule has 2 aromatic rings. The Balaban J connectivity index is 1.93. The van der Waals surface area contributed by atoms with Crippen molar-refractivity contribution in [3.63, 3.8) is 0 Å². The van der Waals surface area contributed by atoms with Crippen molar-refractivity contribution >= 4 is 5.91 Å². The summed E-state index contributed by atoms with van der Waals surface area (Å²) in [6, 6.07) is 4.26. The van der Waals surface area contributed by atoms with Gasteiger partial charge in [0.2, 0.25) is 0 Å². The fraction of sp³-hybridized carbons (Fsp3) is 0.167. The zero-order valence-electron chi connectivity index (χ0n) is 9.55. The summed E-state index contributed by atoms with van der Waals surface area (Å²) in [6.45, 7) is 0.413. The number of hydrogen-bond donors (Lipinski definition) is 4. The lowest BCUT2D eigenvalue weighted by molar-refractivity contribution is 0.0950. The van der Waals surface area contributed by atoms with E-state index < -0.39 is 11.7 Å². The molecule has 4 N–H and O–H groups in total. The molecule has 6 nitrogen and oxygen atoms in total. The molecule has 0 bridgehead atoms. The first-order chi connectivity index (χ1) is 8.68. The van der Waals surface area contributed by atoms with Gasteiger partial charge in [-0.2, -0.15) is 0 Å². The number of phenols is 2. The predicted octanol–water partition coefficient (Wildman–Crippen LogP) is 0.793. The van der Waals surface area contributed by atoms with Crippen LogP contribution in [0.5, 0.6) is 11.5 Å². The number of rotatable bonds is 4. The molecule has 2 rings (SSSR count). The molecular weight excluding hydrogens is 234 g/mol. The number of H-pyrrole nitrogens is 1. The fourth-order valence-corrected chi connectivity index (χ4v) is 1.54. The largest absolute Gasteiger partial charge is 0.504 e. The van der Waals surface area contributed by atoms with E-state index >= 15 is 0 Å². The number of hydrogen-bond acceptors (Lipinski definition) is 4. The quantitative estimate of drug-likeness (QED) is 0.600. The van der Waals surface area contributed by atoms with Crippen molar-refractivity contribution in [1.82, 2.24) is 15.3 Å². The molecule has 0 aliphatic carbocycles. The Morgan fingerprint density at radius 3 is 2.94 bits per heavy atom. The van der Waals surface area contributed by atoms with Gasteiger partial charge in [0.25, 0.3) is 5.91 Å². The summed E-state index contributed by atoms with van der Waals surface area (Å²) in [4.78, 5) is 18.5. The van der Waals surface area contributed by atoms with Crippen molar-refractivity contribution in [3.8, 4) is 11.5 Å². The minimum absolute atomic E-state index is 0.0552. The molecule has 1 aromatic carbocycles. The molecule has 0 saturated heterocycles. The van der Waals surface area contributed by atoms with E-state index in [2.05, 4.69) is 15.3 Å². The molecule has 0 aliphatic rings. The maximum absolute atomic E-state index is 11.7. The highest BCUT2D eigenvalue weighted by Crippen LogP contribution is 2.27. The van der Waals surface area contributed by atoms with Crippen LogP contribution in [0.2, 0.25) is 0 Å². The molecule has 0 unspecified atom stereocenters. The van der Waals surface area contributed by atoms with E-state index in [1.807, 2.05) is 0 Å². The maximum atomic E-state index is 11.7. The third-order valence-corrected chi connectivity index (χ3v) is 2.49. The Bertz CT molecular complexity index is 538. The van der Waals surface area contributed by atoms with E-state index in [9.17, 15) is 15.0 Å². The number of carbonyl (C=O) groups is 1. The second-order valence-corrected chi connectivity index (χ2v) is 3.76. The van der Waals surface area contributed by atoms with Gasteiger partial charge in [0.15, 0.2) is 11.5 Å². The summed E-state index contributed by atoms with van der Waals surface area (Å²) >= 11 is 0. The van der Waals surface area contributed by atoms with E-state index in [1.165, 1.54) is 18.2 Å². The normalized spacial score (nSPS) is 10.2. The van der Waals surface area contributed by atoms with Gasteiger partial charge in [0.1, 0.15) is 0 Å². The standard InChI is InChI=1S/C12H13N3O3/c16-10-3-1-2-9(11(10)17)12(18)14-5-4-8-6-13-7-15-8/h1-3,6-7,16-17H,4-5H2,(H,13,15)(H,14,18). The number of aromatic nitrogens is 2. The lowest BCUT2D eigenvalue weighted by atomic mass is 10.1. The average molecular weight is 247 g/mol. The number of aromatic amines is 1. The fourth-order valence-electron chi connectivity index (χ4n) is 1.54. The van der Waals surface area contributed by atoms with E-state index in [4.69, 9.17) is 0 Å². The highest BCUT2D eigenvalue weighted by Gasteiger charge is 2.13. The Kier molecular flexibility index (Phi) is 3.47. The maximum Gasteiger partial charge on any atom is 0.255 e. The van der Waals surface area contributed by atoms with Crippen LogP contribution in [0.25, 0.3) is 0 Å². The number of nitrogens with one attached hydrogen (secondary N) is 2.